The molecule has 22 heavy (non-hydrogen) atoms. The molecule has 3 nitrogen and oxygen atoms in total. The first kappa shape index (κ1) is 14.6. The Hall–Kier alpha value is -2.29. The van der Waals surface area contributed by atoms with Crippen LogP contribution in [0.1, 0.15) is 30.0 Å². The van der Waals surface area contributed by atoms with E-state index in [1.807, 2.05) is 42.2 Å². The van der Waals surface area contributed by atoms with Gasteiger partial charge < -0.3 is 5.32 Å². The Morgan fingerprint density at radius 3 is 2.82 bits per heavy atom. The van der Waals surface area contributed by atoms with Crippen LogP contribution in [-0.4, -0.2) is 12.6 Å². The summed E-state index contributed by atoms with van der Waals surface area (Å²) in [6.45, 7) is 4.93. The van der Waals surface area contributed by atoms with Crippen LogP contribution in [-0.2, 0) is 12.8 Å². The van der Waals surface area contributed by atoms with Crippen molar-refractivity contribution in [3.63, 3.8) is 0 Å². The van der Waals surface area contributed by atoms with Gasteiger partial charge in [-0.2, -0.15) is 0 Å². The number of nitrogens with one attached hydrogen (secondary N) is 1. The molecule has 1 N–H and O–H groups in total. The van der Waals surface area contributed by atoms with Gasteiger partial charge in [-0.15, -0.1) is 0 Å². The molecule has 0 aromatic heterocycles. The number of hydrogen-bond acceptors (Lipinski definition) is 1. The molecule has 0 spiro atoms. The van der Waals surface area contributed by atoms with Gasteiger partial charge in [0.2, 0.25) is 0 Å². The molecule has 1 aliphatic heterocycles. The quantitative estimate of drug-likeness (QED) is 0.866. The monoisotopic (exact) mass is 294 g/mol. The first-order valence-electron chi connectivity index (χ1n) is 7.95. The van der Waals surface area contributed by atoms with Crippen LogP contribution in [0.2, 0.25) is 0 Å². The molecule has 0 atom stereocenters. The highest BCUT2D eigenvalue weighted by molar-refractivity contribution is 6.03. The zero-order valence-corrected chi connectivity index (χ0v) is 13.2. The second kappa shape index (κ2) is 6.22. The number of fused-ring (bicyclic) bond motifs is 1. The predicted octanol–water partition coefficient (Wildman–Crippen LogP) is 4.54. The Morgan fingerprint density at radius 1 is 1.18 bits per heavy atom. The fourth-order valence-corrected chi connectivity index (χ4v) is 3.12. The van der Waals surface area contributed by atoms with E-state index in [1.54, 1.807) is 0 Å². The first-order valence-corrected chi connectivity index (χ1v) is 7.95. The Morgan fingerprint density at radius 2 is 2.00 bits per heavy atom. The predicted molar refractivity (Wildman–Crippen MR) is 91.7 cm³/mol. The van der Waals surface area contributed by atoms with Gasteiger partial charge >= 0.3 is 6.03 Å². The molecular weight excluding hydrogens is 272 g/mol. The summed E-state index contributed by atoms with van der Waals surface area (Å²) in [6.07, 6.45) is 2.97. The maximum absolute atomic E-state index is 12.8. The SMILES string of the molecule is CCc1cccc(C)c1NC(=O)N1CCCc2ccccc21. The van der Waals surface area contributed by atoms with Crippen molar-refractivity contribution < 1.29 is 4.79 Å². The van der Waals surface area contributed by atoms with E-state index in [2.05, 4.69) is 24.4 Å². The first-order chi connectivity index (χ1) is 10.7. The molecule has 0 aliphatic carbocycles. The molecule has 2 amide bonds. The molecule has 0 fully saturated rings. The summed E-state index contributed by atoms with van der Waals surface area (Å²) in [6, 6.07) is 14.3. The third kappa shape index (κ3) is 2.71. The molecule has 0 saturated carbocycles. The van der Waals surface area contributed by atoms with Crippen LogP contribution in [0.4, 0.5) is 16.2 Å². The van der Waals surface area contributed by atoms with E-state index in [9.17, 15) is 4.79 Å². The van der Waals surface area contributed by atoms with Crippen LogP contribution < -0.4 is 10.2 Å². The number of rotatable bonds is 2. The van der Waals surface area contributed by atoms with E-state index in [-0.39, 0.29) is 6.03 Å². The van der Waals surface area contributed by atoms with Gasteiger partial charge in [0.15, 0.2) is 0 Å². The number of urea groups is 1. The van der Waals surface area contributed by atoms with Gasteiger partial charge in [0, 0.05) is 17.9 Å². The van der Waals surface area contributed by atoms with Crippen LogP contribution >= 0.6 is 0 Å². The summed E-state index contributed by atoms with van der Waals surface area (Å²) >= 11 is 0. The van der Waals surface area contributed by atoms with Crippen LogP contribution in [0.25, 0.3) is 0 Å². The fraction of sp³-hybridized carbons (Fsp3) is 0.316. The van der Waals surface area contributed by atoms with Gasteiger partial charge in [-0.1, -0.05) is 43.3 Å². The maximum atomic E-state index is 12.8. The second-order valence-electron chi connectivity index (χ2n) is 5.78. The summed E-state index contributed by atoms with van der Waals surface area (Å²) in [4.78, 5) is 14.6. The van der Waals surface area contributed by atoms with Crippen LogP contribution in [0.15, 0.2) is 42.5 Å². The zero-order valence-electron chi connectivity index (χ0n) is 13.2. The lowest BCUT2D eigenvalue weighted by molar-refractivity contribution is 0.256. The molecule has 1 aliphatic rings. The largest absolute Gasteiger partial charge is 0.326 e. The summed E-state index contributed by atoms with van der Waals surface area (Å²) in [5, 5.41) is 3.13. The molecule has 3 heteroatoms. The van der Waals surface area contributed by atoms with Crippen molar-refractivity contribution >= 4 is 17.4 Å². The van der Waals surface area contributed by atoms with Crippen molar-refractivity contribution in [2.45, 2.75) is 33.1 Å². The van der Waals surface area contributed by atoms with Gasteiger partial charge in [0.25, 0.3) is 0 Å². The lowest BCUT2D eigenvalue weighted by atomic mass is 10.0. The number of benzene rings is 2. The maximum Gasteiger partial charge on any atom is 0.326 e. The Kier molecular flexibility index (Phi) is 4.14. The highest BCUT2D eigenvalue weighted by Crippen LogP contribution is 2.28. The molecule has 0 saturated heterocycles. The summed E-state index contributed by atoms with van der Waals surface area (Å²) in [5.74, 6) is 0. The number of amides is 2. The summed E-state index contributed by atoms with van der Waals surface area (Å²) < 4.78 is 0. The number of anilines is 2. The van der Waals surface area contributed by atoms with Crippen LogP contribution in [0.3, 0.4) is 0 Å². The van der Waals surface area contributed by atoms with E-state index < -0.39 is 0 Å². The van der Waals surface area contributed by atoms with E-state index in [0.29, 0.717) is 0 Å². The summed E-state index contributed by atoms with van der Waals surface area (Å²) in [5.41, 5.74) is 5.54. The number of carbonyl (C=O) groups excluding carboxylic acids is 1. The zero-order chi connectivity index (χ0) is 15.5. The Bertz CT molecular complexity index is 694. The van der Waals surface area contributed by atoms with Crippen molar-refractivity contribution in [3.8, 4) is 0 Å². The van der Waals surface area contributed by atoms with Gasteiger partial charge in [-0.05, 0) is 48.9 Å². The average molecular weight is 294 g/mol. The topological polar surface area (TPSA) is 32.3 Å². The van der Waals surface area contributed by atoms with Crippen molar-refractivity contribution in [2.24, 2.45) is 0 Å². The van der Waals surface area contributed by atoms with E-state index in [4.69, 9.17) is 0 Å². The normalized spacial score (nSPS) is 13.6. The minimum Gasteiger partial charge on any atom is -0.307 e. The lowest BCUT2D eigenvalue weighted by Crippen LogP contribution is -2.39. The van der Waals surface area contributed by atoms with Crippen molar-refractivity contribution in [2.75, 3.05) is 16.8 Å². The molecule has 2 aromatic carbocycles. The minimum absolute atomic E-state index is 0.0313. The van der Waals surface area contributed by atoms with Crippen molar-refractivity contribution in [1.82, 2.24) is 0 Å². The molecule has 3 rings (SSSR count). The van der Waals surface area contributed by atoms with Crippen molar-refractivity contribution in [3.05, 3.63) is 59.2 Å². The number of nitrogens with zero attached hydrogens (tertiary/aromatic N) is 1. The molecule has 0 unspecified atom stereocenters. The average Bonchev–Trinajstić information content (AvgIpc) is 2.56. The molecular formula is C19H22N2O. The second-order valence-corrected chi connectivity index (χ2v) is 5.78. The van der Waals surface area contributed by atoms with Gasteiger partial charge in [-0.3, -0.25) is 4.90 Å². The van der Waals surface area contributed by atoms with Gasteiger partial charge in [0.05, 0.1) is 0 Å². The molecule has 1 heterocycles. The molecule has 0 radical (unpaired) electrons. The fourth-order valence-electron chi connectivity index (χ4n) is 3.12. The van der Waals surface area contributed by atoms with Gasteiger partial charge in [0.1, 0.15) is 0 Å². The van der Waals surface area contributed by atoms with Gasteiger partial charge in [-0.25, -0.2) is 4.79 Å². The van der Waals surface area contributed by atoms with Crippen LogP contribution in [0, 0.1) is 6.92 Å². The highest BCUT2D eigenvalue weighted by Gasteiger charge is 2.22. The number of aryl methyl sites for hydroxylation is 3. The lowest BCUT2D eigenvalue weighted by Gasteiger charge is -2.30. The number of carbonyl (C=O) groups is 1. The summed E-state index contributed by atoms with van der Waals surface area (Å²) in [7, 11) is 0. The Balaban J connectivity index is 1.88. The number of hydrogen-bond donors (Lipinski definition) is 1. The molecule has 2 aromatic rings. The minimum atomic E-state index is -0.0313. The van der Waals surface area contributed by atoms with E-state index >= 15 is 0 Å². The highest BCUT2D eigenvalue weighted by atomic mass is 16.2. The van der Waals surface area contributed by atoms with Crippen LogP contribution in [0.5, 0.6) is 0 Å². The van der Waals surface area contributed by atoms with E-state index in [0.717, 1.165) is 42.7 Å². The van der Waals surface area contributed by atoms with E-state index in [1.165, 1.54) is 11.1 Å². The number of para-hydroxylation sites is 2. The smallest absolute Gasteiger partial charge is 0.307 e. The standard InChI is InChI=1S/C19H22N2O/c1-3-15-10-6-8-14(2)18(15)20-19(22)21-13-7-11-16-9-4-5-12-17(16)21/h4-6,8-10,12H,3,7,11,13H2,1-2H3,(H,20,22). The molecule has 114 valence electrons. The van der Waals surface area contributed by atoms with Crippen molar-refractivity contribution in [1.29, 1.82) is 0 Å². The Labute approximate surface area is 132 Å². The third-order valence-corrected chi connectivity index (χ3v) is 4.33. The third-order valence-electron chi connectivity index (χ3n) is 4.33. The molecule has 0 bridgehead atoms.